The van der Waals surface area contributed by atoms with E-state index < -0.39 is 0 Å². The van der Waals surface area contributed by atoms with Gasteiger partial charge in [-0.2, -0.15) is 5.10 Å². The monoisotopic (exact) mass is 235 g/mol. The number of nitrogens with one attached hydrogen (secondary N) is 2. The third-order valence-corrected chi connectivity index (χ3v) is 2.52. The van der Waals surface area contributed by atoms with Crippen LogP contribution in [-0.2, 0) is 20.1 Å². The number of rotatable bonds is 5. The van der Waals surface area contributed by atoms with E-state index in [0.717, 1.165) is 24.0 Å². The van der Waals surface area contributed by atoms with Crippen molar-refractivity contribution < 1.29 is 0 Å². The highest BCUT2D eigenvalue weighted by Crippen LogP contribution is 2.10. The first-order chi connectivity index (χ1) is 8.18. The van der Waals surface area contributed by atoms with Gasteiger partial charge in [-0.1, -0.05) is 0 Å². The lowest BCUT2D eigenvalue weighted by molar-refractivity contribution is 0.634. The molecule has 0 bridgehead atoms. The fourth-order valence-electron chi connectivity index (χ4n) is 1.64. The van der Waals surface area contributed by atoms with Gasteiger partial charge < -0.3 is 14.8 Å². The summed E-state index contributed by atoms with van der Waals surface area (Å²) in [4.78, 5) is 10.4. The molecule has 0 aliphatic carbocycles. The van der Waals surface area contributed by atoms with Gasteiger partial charge in [-0.3, -0.25) is 5.10 Å². The second-order valence-corrected chi connectivity index (χ2v) is 4.04. The molecule has 0 aromatic carbocycles. The smallest absolute Gasteiger partial charge is 0.204 e. The molecule has 0 amide bonds. The second-order valence-electron chi connectivity index (χ2n) is 4.04. The lowest BCUT2D eigenvalue weighted by Gasteiger charge is -2.12. The van der Waals surface area contributed by atoms with Crippen LogP contribution in [0, 0.1) is 0 Å². The van der Waals surface area contributed by atoms with Crippen LogP contribution in [0.5, 0.6) is 0 Å². The quantitative estimate of drug-likeness (QED) is 0.756. The maximum absolute atomic E-state index is 4.34. The van der Waals surface area contributed by atoms with Gasteiger partial charge in [0.1, 0.15) is 12.2 Å². The maximum atomic E-state index is 4.34. The molecule has 2 heterocycles. The Hall–Kier alpha value is -1.89. The predicted octanol–water partition coefficient (Wildman–Crippen LogP) is -0.106. The lowest BCUT2D eigenvalue weighted by Crippen LogP contribution is -2.18. The van der Waals surface area contributed by atoms with Crippen molar-refractivity contribution in [2.75, 3.05) is 19.0 Å². The molecule has 0 atom stereocenters. The van der Waals surface area contributed by atoms with Crippen molar-refractivity contribution in [2.24, 2.45) is 7.05 Å². The molecule has 0 unspecified atom stereocenters. The zero-order valence-corrected chi connectivity index (χ0v) is 10.3. The Kier molecular flexibility index (Phi) is 3.38. The van der Waals surface area contributed by atoms with Gasteiger partial charge in [0, 0.05) is 27.7 Å². The molecule has 2 N–H and O–H groups in total. The Morgan fingerprint density at radius 2 is 2.18 bits per heavy atom. The minimum absolute atomic E-state index is 0.669. The average molecular weight is 235 g/mol. The largest absolute Gasteiger partial charge is 0.348 e. The van der Waals surface area contributed by atoms with Crippen LogP contribution < -0.4 is 10.2 Å². The molecule has 0 saturated heterocycles. The number of H-pyrrole nitrogens is 1. The molecular weight excluding hydrogens is 218 g/mol. The number of hydrogen-bond donors (Lipinski definition) is 2. The predicted molar refractivity (Wildman–Crippen MR) is 64.5 cm³/mol. The third kappa shape index (κ3) is 2.62. The highest BCUT2D eigenvalue weighted by atomic mass is 15.3. The molecule has 0 aliphatic heterocycles. The van der Waals surface area contributed by atoms with Gasteiger partial charge in [-0.05, 0) is 0 Å². The van der Waals surface area contributed by atoms with E-state index in [0.29, 0.717) is 6.54 Å². The number of nitrogens with zero attached hydrogens (tertiary/aromatic N) is 5. The van der Waals surface area contributed by atoms with Crippen LogP contribution in [0.15, 0.2) is 12.5 Å². The van der Waals surface area contributed by atoms with E-state index in [1.54, 1.807) is 0 Å². The normalized spacial score (nSPS) is 10.8. The molecule has 0 saturated carbocycles. The average Bonchev–Trinajstić information content (AvgIpc) is 2.89. The van der Waals surface area contributed by atoms with Gasteiger partial charge in [0.05, 0.1) is 18.4 Å². The Balaban J connectivity index is 1.91. The highest BCUT2D eigenvalue weighted by molar-refractivity contribution is 5.30. The van der Waals surface area contributed by atoms with Crippen molar-refractivity contribution in [3.05, 3.63) is 24.0 Å². The first kappa shape index (κ1) is 11.6. The van der Waals surface area contributed by atoms with Gasteiger partial charge >= 0.3 is 0 Å². The summed E-state index contributed by atoms with van der Waals surface area (Å²) in [5.74, 6) is 1.78. The first-order valence-electron chi connectivity index (χ1n) is 5.41. The first-order valence-corrected chi connectivity index (χ1v) is 5.41. The molecule has 7 heteroatoms. The van der Waals surface area contributed by atoms with Gasteiger partial charge in [-0.25, -0.2) is 9.97 Å². The van der Waals surface area contributed by atoms with Crippen LogP contribution in [0.4, 0.5) is 5.95 Å². The van der Waals surface area contributed by atoms with Crippen molar-refractivity contribution >= 4 is 5.95 Å². The van der Waals surface area contributed by atoms with E-state index in [9.17, 15) is 0 Å². The van der Waals surface area contributed by atoms with Crippen LogP contribution in [0.1, 0.15) is 11.5 Å². The second kappa shape index (κ2) is 4.96. The van der Waals surface area contributed by atoms with Gasteiger partial charge in [0.25, 0.3) is 0 Å². The fourth-order valence-corrected chi connectivity index (χ4v) is 1.64. The molecule has 92 valence electrons. The number of aromatic amines is 1. The minimum Gasteiger partial charge on any atom is -0.348 e. The summed E-state index contributed by atoms with van der Waals surface area (Å²) in [6.07, 6.45) is 3.38. The summed E-state index contributed by atoms with van der Waals surface area (Å²) >= 11 is 0. The molecule has 2 aromatic heterocycles. The molecule has 0 fully saturated rings. The summed E-state index contributed by atoms with van der Waals surface area (Å²) in [5.41, 5.74) is 1.13. The van der Waals surface area contributed by atoms with E-state index in [2.05, 4.69) is 30.0 Å². The van der Waals surface area contributed by atoms with E-state index >= 15 is 0 Å². The SMILES string of the molecule is CN(C)c1ncc(CNCc2ncn[nH]2)n1C. The van der Waals surface area contributed by atoms with E-state index in [1.807, 2.05) is 32.2 Å². The van der Waals surface area contributed by atoms with Crippen LogP contribution >= 0.6 is 0 Å². The molecule has 7 nitrogen and oxygen atoms in total. The van der Waals surface area contributed by atoms with Crippen molar-refractivity contribution in [1.29, 1.82) is 0 Å². The number of imidazole rings is 1. The molecule has 0 radical (unpaired) electrons. The van der Waals surface area contributed by atoms with Crippen LogP contribution in [0.25, 0.3) is 0 Å². The van der Waals surface area contributed by atoms with Gasteiger partial charge in [0.2, 0.25) is 5.95 Å². The third-order valence-electron chi connectivity index (χ3n) is 2.52. The highest BCUT2D eigenvalue weighted by Gasteiger charge is 2.07. The molecule has 2 aromatic rings. The summed E-state index contributed by atoms with van der Waals surface area (Å²) in [6.45, 7) is 1.42. The summed E-state index contributed by atoms with van der Waals surface area (Å²) in [6, 6.07) is 0. The van der Waals surface area contributed by atoms with Crippen molar-refractivity contribution in [3.8, 4) is 0 Å². The van der Waals surface area contributed by atoms with Crippen LogP contribution in [-0.4, -0.2) is 38.8 Å². The summed E-state index contributed by atoms with van der Waals surface area (Å²) in [5, 5.41) is 9.88. The Bertz CT molecular complexity index is 457. The molecular formula is C10H17N7. The fraction of sp³-hybridized carbons (Fsp3) is 0.500. The van der Waals surface area contributed by atoms with Crippen molar-refractivity contribution in [3.63, 3.8) is 0 Å². The van der Waals surface area contributed by atoms with Crippen LogP contribution in [0.3, 0.4) is 0 Å². The number of aromatic nitrogens is 5. The molecule has 2 rings (SSSR count). The van der Waals surface area contributed by atoms with E-state index in [4.69, 9.17) is 0 Å². The zero-order valence-electron chi connectivity index (χ0n) is 10.3. The zero-order chi connectivity index (χ0) is 12.3. The van der Waals surface area contributed by atoms with Crippen molar-refractivity contribution in [2.45, 2.75) is 13.1 Å². The minimum atomic E-state index is 0.669. The van der Waals surface area contributed by atoms with E-state index in [1.165, 1.54) is 6.33 Å². The standard InChI is InChI=1S/C10H17N7/c1-16(2)10-12-5-8(17(10)3)4-11-6-9-13-7-14-15-9/h5,7,11H,4,6H2,1-3H3,(H,13,14,15). The summed E-state index contributed by atoms with van der Waals surface area (Å²) < 4.78 is 2.06. The van der Waals surface area contributed by atoms with Gasteiger partial charge in [0.15, 0.2) is 0 Å². The number of hydrogen-bond acceptors (Lipinski definition) is 5. The van der Waals surface area contributed by atoms with E-state index in [-0.39, 0.29) is 0 Å². The molecule has 17 heavy (non-hydrogen) atoms. The topological polar surface area (TPSA) is 74.7 Å². The Morgan fingerprint density at radius 3 is 2.76 bits per heavy atom. The Morgan fingerprint density at radius 1 is 1.35 bits per heavy atom. The molecule has 0 spiro atoms. The number of anilines is 1. The Labute approximate surface area is 99.9 Å². The van der Waals surface area contributed by atoms with Crippen LogP contribution in [0.2, 0.25) is 0 Å². The van der Waals surface area contributed by atoms with Gasteiger partial charge in [-0.15, -0.1) is 0 Å². The molecule has 0 aliphatic rings. The summed E-state index contributed by atoms with van der Waals surface area (Å²) in [7, 11) is 5.97. The lowest BCUT2D eigenvalue weighted by atomic mass is 10.4. The maximum Gasteiger partial charge on any atom is 0.204 e. The van der Waals surface area contributed by atoms with Crippen molar-refractivity contribution in [1.82, 2.24) is 30.0 Å².